The number of halogens is 1. The molecule has 2 heterocycles. The Kier molecular flexibility index (Phi) is 5.03. The van der Waals surface area contributed by atoms with Crippen LogP contribution in [0.15, 0.2) is 48.5 Å². The Morgan fingerprint density at radius 1 is 1.29 bits per heavy atom. The maximum Gasteiger partial charge on any atom is 0.274 e. The van der Waals surface area contributed by atoms with E-state index < -0.39 is 0 Å². The summed E-state index contributed by atoms with van der Waals surface area (Å²) in [6, 6.07) is 13.6. The molecule has 0 aliphatic carbocycles. The third kappa shape index (κ3) is 3.59. The van der Waals surface area contributed by atoms with Gasteiger partial charge in [-0.3, -0.25) is 4.79 Å². The highest BCUT2D eigenvalue weighted by atomic mass is 19.1. The Balaban J connectivity index is 1.45. The molecular weight excluding hydrogens is 363 g/mol. The lowest BCUT2D eigenvalue weighted by atomic mass is 10.1. The largest absolute Gasteiger partial charge is 0.496 e. The summed E-state index contributed by atoms with van der Waals surface area (Å²) in [7, 11) is 1.59. The Morgan fingerprint density at radius 2 is 2.07 bits per heavy atom. The molecule has 0 radical (unpaired) electrons. The summed E-state index contributed by atoms with van der Waals surface area (Å²) in [5.74, 6) is 0.0873. The van der Waals surface area contributed by atoms with Gasteiger partial charge in [0.05, 0.1) is 26.0 Å². The molecule has 1 aliphatic rings. The van der Waals surface area contributed by atoms with Crippen LogP contribution < -0.4 is 10.1 Å². The van der Waals surface area contributed by atoms with E-state index >= 15 is 0 Å². The zero-order chi connectivity index (χ0) is 19.5. The first-order valence-electron chi connectivity index (χ1n) is 8.85. The number of para-hydroxylation sites is 1. The number of nitrogens with zero attached hydrogens (tertiary/aromatic N) is 3. The van der Waals surface area contributed by atoms with E-state index in [2.05, 4.69) is 15.6 Å². The summed E-state index contributed by atoms with van der Waals surface area (Å²) in [6.45, 7) is 0.925. The summed E-state index contributed by atoms with van der Waals surface area (Å²) in [4.78, 5) is 12.6. The molecule has 3 aromatic rings. The third-order valence-electron chi connectivity index (χ3n) is 4.69. The molecule has 0 saturated carbocycles. The number of hydrogen-bond acceptors (Lipinski definition) is 5. The number of amides is 1. The predicted molar refractivity (Wildman–Crippen MR) is 98.1 cm³/mol. The fourth-order valence-electron chi connectivity index (χ4n) is 3.18. The zero-order valence-electron chi connectivity index (χ0n) is 15.3. The Hall–Kier alpha value is -3.26. The van der Waals surface area contributed by atoms with E-state index in [1.807, 2.05) is 24.3 Å². The van der Waals surface area contributed by atoms with Gasteiger partial charge in [0, 0.05) is 12.1 Å². The molecule has 1 unspecified atom stereocenters. The number of carbonyl (C=O) groups excluding carboxylic acids is 1. The summed E-state index contributed by atoms with van der Waals surface area (Å²) in [5, 5.41) is 11.0. The number of methoxy groups -OCH3 is 1. The Morgan fingerprint density at radius 3 is 2.86 bits per heavy atom. The average Bonchev–Trinajstić information content (AvgIpc) is 3.16. The number of hydrogen-bond donors (Lipinski definition) is 1. The number of ether oxygens (including phenoxy) is 2. The molecule has 1 N–H and O–H groups in total. The van der Waals surface area contributed by atoms with E-state index in [4.69, 9.17) is 9.47 Å². The second-order valence-corrected chi connectivity index (χ2v) is 6.41. The number of rotatable bonds is 5. The van der Waals surface area contributed by atoms with Gasteiger partial charge in [-0.25, -0.2) is 9.07 Å². The van der Waals surface area contributed by atoms with E-state index in [-0.39, 0.29) is 30.1 Å². The van der Waals surface area contributed by atoms with Crippen molar-refractivity contribution in [3.05, 3.63) is 76.9 Å². The van der Waals surface area contributed by atoms with E-state index in [0.29, 0.717) is 24.5 Å². The number of aromatic nitrogens is 3. The van der Waals surface area contributed by atoms with Crippen LogP contribution in [0.2, 0.25) is 0 Å². The smallest absolute Gasteiger partial charge is 0.274 e. The molecule has 0 bridgehead atoms. The van der Waals surface area contributed by atoms with Crippen LogP contribution in [0.5, 0.6) is 5.75 Å². The van der Waals surface area contributed by atoms with Gasteiger partial charge in [0.15, 0.2) is 5.69 Å². The maximum atomic E-state index is 13.1. The van der Waals surface area contributed by atoms with Gasteiger partial charge in [-0.2, -0.15) is 0 Å². The van der Waals surface area contributed by atoms with Crippen LogP contribution in [0.3, 0.4) is 0 Å². The van der Waals surface area contributed by atoms with Crippen LogP contribution in [0, 0.1) is 5.82 Å². The highest BCUT2D eigenvalue weighted by Gasteiger charge is 2.27. The second kappa shape index (κ2) is 7.77. The normalized spacial score (nSPS) is 15.7. The first-order valence-corrected chi connectivity index (χ1v) is 8.85. The van der Waals surface area contributed by atoms with Gasteiger partial charge >= 0.3 is 0 Å². The van der Waals surface area contributed by atoms with Crippen molar-refractivity contribution < 1.29 is 18.7 Å². The summed E-state index contributed by atoms with van der Waals surface area (Å²) >= 11 is 0. The fraction of sp³-hybridized carbons (Fsp3) is 0.250. The second-order valence-electron chi connectivity index (χ2n) is 6.41. The van der Waals surface area contributed by atoms with Gasteiger partial charge in [0.1, 0.15) is 17.7 Å². The van der Waals surface area contributed by atoms with Gasteiger partial charge in [0.2, 0.25) is 0 Å². The molecule has 0 saturated heterocycles. The molecule has 1 aliphatic heterocycles. The van der Waals surface area contributed by atoms with Gasteiger partial charge in [0.25, 0.3) is 5.91 Å². The minimum absolute atomic E-state index is 0.201. The lowest BCUT2D eigenvalue weighted by Crippen LogP contribution is -2.27. The lowest BCUT2D eigenvalue weighted by molar-refractivity contribution is -0.00180. The zero-order valence-corrected chi connectivity index (χ0v) is 15.3. The molecule has 0 spiro atoms. The standard InChI is InChI=1S/C20H19FN4O3/c1-27-17-5-3-2-4-14(17)10-22-20(26)19-16-12-28-18(11-25(16)24-23-19)13-6-8-15(21)9-7-13/h2-9,18H,10-12H2,1H3,(H,22,26). The summed E-state index contributed by atoms with van der Waals surface area (Å²) in [5.41, 5.74) is 2.58. The molecule has 28 heavy (non-hydrogen) atoms. The van der Waals surface area contributed by atoms with E-state index in [0.717, 1.165) is 11.1 Å². The molecule has 0 fully saturated rings. The highest BCUT2D eigenvalue weighted by Crippen LogP contribution is 2.27. The van der Waals surface area contributed by atoms with Crippen molar-refractivity contribution in [1.82, 2.24) is 20.3 Å². The molecule has 1 atom stereocenters. The van der Waals surface area contributed by atoms with Gasteiger partial charge < -0.3 is 14.8 Å². The molecular formula is C20H19FN4O3. The summed E-state index contributed by atoms with van der Waals surface area (Å²) in [6.07, 6.45) is -0.265. The van der Waals surface area contributed by atoms with Crippen LogP contribution in [0.1, 0.15) is 33.4 Å². The van der Waals surface area contributed by atoms with Crippen LogP contribution in [-0.4, -0.2) is 28.0 Å². The molecule has 4 rings (SSSR count). The van der Waals surface area contributed by atoms with E-state index in [9.17, 15) is 9.18 Å². The third-order valence-corrected chi connectivity index (χ3v) is 4.69. The number of carbonyl (C=O) groups is 1. The van der Waals surface area contributed by atoms with Crippen molar-refractivity contribution in [1.29, 1.82) is 0 Å². The van der Waals surface area contributed by atoms with Crippen molar-refractivity contribution in [2.75, 3.05) is 7.11 Å². The van der Waals surface area contributed by atoms with Gasteiger partial charge in [-0.15, -0.1) is 5.10 Å². The monoisotopic (exact) mass is 382 g/mol. The van der Waals surface area contributed by atoms with Crippen LogP contribution in [-0.2, 0) is 24.4 Å². The average molecular weight is 382 g/mol. The molecule has 144 valence electrons. The molecule has 2 aromatic carbocycles. The molecule has 1 aromatic heterocycles. The van der Waals surface area contributed by atoms with Crippen molar-refractivity contribution >= 4 is 5.91 Å². The van der Waals surface area contributed by atoms with Crippen LogP contribution >= 0.6 is 0 Å². The molecule has 8 heteroatoms. The minimum Gasteiger partial charge on any atom is -0.496 e. The fourth-order valence-corrected chi connectivity index (χ4v) is 3.18. The topological polar surface area (TPSA) is 78.3 Å². The lowest BCUT2D eigenvalue weighted by Gasteiger charge is -2.24. The Labute approximate surface area is 161 Å². The van der Waals surface area contributed by atoms with E-state index in [1.54, 1.807) is 23.9 Å². The first-order chi connectivity index (χ1) is 13.7. The molecule has 7 nitrogen and oxygen atoms in total. The van der Waals surface area contributed by atoms with E-state index in [1.165, 1.54) is 12.1 Å². The first kappa shape index (κ1) is 18.1. The van der Waals surface area contributed by atoms with Crippen LogP contribution in [0.25, 0.3) is 0 Å². The number of benzene rings is 2. The van der Waals surface area contributed by atoms with Crippen molar-refractivity contribution in [2.24, 2.45) is 0 Å². The maximum absolute atomic E-state index is 13.1. The number of fused-ring (bicyclic) bond motifs is 1. The predicted octanol–water partition coefficient (Wildman–Crippen LogP) is 2.63. The van der Waals surface area contributed by atoms with Gasteiger partial charge in [-0.1, -0.05) is 35.5 Å². The SMILES string of the molecule is COc1ccccc1CNC(=O)c1nnn2c1COC(c1ccc(F)cc1)C2. The molecule has 1 amide bonds. The quantitative estimate of drug-likeness (QED) is 0.734. The van der Waals surface area contributed by atoms with Crippen molar-refractivity contribution in [2.45, 2.75) is 25.8 Å². The summed E-state index contributed by atoms with van der Waals surface area (Å²) < 4.78 is 25.9. The minimum atomic E-state index is -0.323. The van der Waals surface area contributed by atoms with Crippen molar-refractivity contribution in [3.8, 4) is 5.75 Å². The Bertz CT molecular complexity index is 987. The van der Waals surface area contributed by atoms with Crippen molar-refractivity contribution in [3.63, 3.8) is 0 Å². The number of nitrogens with one attached hydrogen (secondary N) is 1. The van der Waals surface area contributed by atoms with Crippen LogP contribution in [0.4, 0.5) is 4.39 Å². The highest BCUT2D eigenvalue weighted by molar-refractivity contribution is 5.93. The van der Waals surface area contributed by atoms with Gasteiger partial charge in [-0.05, 0) is 23.8 Å².